The van der Waals surface area contributed by atoms with Crippen LogP contribution in [0, 0.1) is 12.7 Å². The summed E-state index contributed by atoms with van der Waals surface area (Å²) in [7, 11) is 0. The van der Waals surface area contributed by atoms with Gasteiger partial charge in [-0.15, -0.1) is 10.2 Å². The second-order valence-corrected chi connectivity index (χ2v) is 13.9. The normalized spacial score (nSPS) is 16.8. The van der Waals surface area contributed by atoms with E-state index in [-0.39, 0.29) is 45.5 Å². The molecule has 0 saturated heterocycles. The topological polar surface area (TPSA) is 96.6 Å². The highest BCUT2D eigenvalue weighted by Gasteiger charge is 2.66. The van der Waals surface area contributed by atoms with E-state index >= 15 is 4.79 Å². The Kier molecular flexibility index (Phi) is 7.01. The highest BCUT2D eigenvalue weighted by molar-refractivity contribution is 8.00. The summed E-state index contributed by atoms with van der Waals surface area (Å²) >= 11 is 8.62. The molecule has 2 aromatic heterocycles. The summed E-state index contributed by atoms with van der Waals surface area (Å²) in [5.41, 5.74) is 0.968. The molecular weight excluding hydrogens is 659 g/mol. The summed E-state index contributed by atoms with van der Waals surface area (Å²) in [6.45, 7) is 2.16. The molecule has 6 aromatic rings. The van der Waals surface area contributed by atoms with Gasteiger partial charge in [-0.25, -0.2) is 4.39 Å². The van der Waals surface area contributed by atoms with Gasteiger partial charge in [0.2, 0.25) is 10.9 Å². The molecule has 0 fully saturated rings. The largest absolute Gasteiger partial charge is 0.450 e. The van der Waals surface area contributed by atoms with E-state index in [9.17, 15) is 14.0 Å². The van der Waals surface area contributed by atoms with Crippen LogP contribution in [0.1, 0.15) is 38.4 Å². The van der Waals surface area contributed by atoms with E-state index in [0.717, 1.165) is 22.5 Å². The van der Waals surface area contributed by atoms with E-state index in [1.807, 2.05) is 31.2 Å². The van der Waals surface area contributed by atoms with Crippen LogP contribution in [-0.4, -0.2) is 22.0 Å². The van der Waals surface area contributed by atoms with Crippen molar-refractivity contribution in [3.05, 3.63) is 146 Å². The van der Waals surface area contributed by atoms with Gasteiger partial charge in [0.1, 0.15) is 11.4 Å². The number of amides is 2. The van der Waals surface area contributed by atoms with Crippen molar-refractivity contribution in [3.63, 3.8) is 0 Å². The Hall–Kier alpha value is -4.84. The van der Waals surface area contributed by atoms with Gasteiger partial charge in [0.05, 0.1) is 23.2 Å². The lowest BCUT2D eigenvalue weighted by molar-refractivity contribution is -0.121. The molecule has 1 spiro atoms. The first kappa shape index (κ1) is 29.6. The Morgan fingerprint density at radius 2 is 1.77 bits per heavy atom. The number of benzene rings is 4. The van der Waals surface area contributed by atoms with Gasteiger partial charge in [-0.05, 0) is 48.4 Å². The monoisotopic (exact) mass is 680 g/mol. The van der Waals surface area contributed by atoms with Crippen molar-refractivity contribution < 1.29 is 18.4 Å². The summed E-state index contributed by atoms with van der Waals surface area (Å²) in [6.07, 6.45) is 0. The number of aromatic nitrogens is 2. The number of hydrogen-bond acceptors (Lipinski definition) is 8. The van der Waals surface area contributed by atoms with E-state index in [1.54, 1.807) is 53.4 Å². The van der Waals surface area contributed by atoms with Crippen molar-refractivity contribution >= 4 is 68.3 Å². The van der Waals surface area contributed by atoms with Crippen LogP contribution in [0.5, 0.6) is 0 Å². The molecule has 4 aromatic carbocycles. The number of aryl methyl sites for hydroxylation is 1. The van der Waals surface area contributed by atoms with Gasteiger partial charge in [0.15, 0.2) is 15.3 Å². The Labute approximate surface area is 280 Å². The second-order valence-electron chi connectivity index (χ2n) is 11.3. The lowest BCUT2D eigenvalue weighted by atomic mass is 9.84. The molecule has 8 nitrogen and oxygen atoms in total. The number of para-hydroxylation sites is 1. The van der Waals surface area contributed by atoms with Crippen LogP contribution in [0.15, 0.2) is 105 Å². The Morgan fingerprint density at radius 1 is 0.957 bits per heavy atom. The quantitative estimate of drug-likeness (QED) is 0.133. The summed E-state index contributed by atoms with van der Waals surface area (Å²) in [4.78, 5) is 46.9. The maximum atomic E-state index is 15.1. The van der Waals surface area contributed by atoms with Crippen LogP contribution in [0.3, 0.4) is 0 Å². The molecular formula is C35H22ClFN4O4S2. The third kappa shape index (κ3) is 4.52. The maximum Gasteiger partial charge on any atom is 0.297 e. The van der Waals surface area contributed by atoms with Gasteiger partial charge < -0.3 is 9.32 Å². The van der Waals surface area contributed by atoms with Crippen molar-refractivity contribution in [2.24, 2.45) is 0 Å². The Balaban J connectivity index is 1.33. The zero-order valence-corrected chi connectivity index (χ0v) is 27.0. The van der Waals surface area contributed by atoms with Crippen LogP contribution >= 0.6 is 34.7 Å². The van der Waals surface area contributed by atoms with Crippen molar-refractivity contribution in [2.75, 3.05) is 9.80 Å². The summed E-state index contributed by atoms with van der Waals surface area (Å²) < 4.78 is 20.9. The third-order valence-electron chi connectivity index (χ3n) is 8.41. The fraction of sp³-hybridized carbons (Fsp3) is 0.114. The van der Waals surface area contributed by atoms with Gasteiger partial charge in [-0.1, -0.05) is 101 Å². The maximum absolute atomic E-state index is 15.1. The van der Waals surface area contributed by atoms with Crippen molar-refractivity contribution in [2.45, 2.75) is 29.1 Å². The summed E-state index contributed by atoms with van der Waals surface area (Å²) in [5, 5.41) is 9.18. The molecule has 2 amide bonds. The van der Waals surface area contributed by atoms with E-state index in [4.69, 9.17) is 16.0 Å². The molecule has 8 rings (SSSR count). The average Bonchev–Trinajstić information content (AvgIpc) is 3.70. The number of nitrogens with zero attached hydrogens (tertiary/aromatic N) is 4. The van der Waals surface area contributed by atoms with Crippen LogP contribution in [0.4, 0.5) is 15.2 Å². The molecule has 0 bridgehead atoms. The Morgan fingerprint density at radius 3 is 2.60 bits per heavy atom. The van der Waals surface area contributed by atoms with Gasteiger partial charge in [0.25, 0.3) is 11.8 Å². The SMILES string of the molecule is Cc1cccc(CN2C(=O)C3(c4ccccc42)c2c(oc4ccc(Cl)cc4c2=O)C(=O)N3c2nnc(SCc3ccccc3F)s2)c1. The van der Waals surface area contributed by atoms with Gasteiger partial charge in [0, 0.05) is 16.3 Å². The zero-order valence-electron chi connectivity index (χ0n) is 24.6. The number of hydrogen-bond donors (Lipinski definition) is 0. The molecule has 2 aliphatic heterocycles. The third-order valence-corrected chi connectivity index (χ3v) is 10.7. The molecule has 12 heteroatoms. The predicted molar refractivity (Wildman–Crippen MR) is 180 cm³/mol. The molecule has 0 radical (unpaired) electrons. The number of anilines is 2. The molecule has 0 saturated carbocycles. The van der Waals surface area contributed by atoms with Crippen molar-refractivity contribution in [1.29, 1.82) is 0 Å². The zero-order chi connectivity index (χ0) is 32.4. The predicted octanol–water partition coefficient (Wildman–Crippen LogP) is 7.49. The highest BCUT2D eigenvalue weighted by Crippen LogP contribution is 2.55. The number of rotatable bonds is 6. The molecule has 0 aliphatic carbocycles. The van der Waals surface area contributed by atoms with Crippen LogP contribution < -0.4 is 15.2 Å². The minimum Gasteiger partial charge on any atom is -0.450 e. The van der Waals surface area contributed by atoms with Crippen LogP contribution in [0.2, 0.25) is 5.02 Å². The van der Waals surface area contributed by atoms with E-state index in [1.165, 1.54) is 34.9 Å². The van der Waals surface area contributed by atoms with Crippen LogP contribution in [0.25, 0.3) is 11.0 Å². The first-order chi connectivity index (χ1) is 22.8. The van der Waals surface area contributed by atoms with Gasteiger partial charge >= 0.3 is 0 Å². The molecule has 2 aliphatic rings. The fourth-order valence-corrected chi connectivity index (χ4v) is 8.44. The van der Waals surface area contributed by atoms with E-state index in [0.29, 0.717) is 26.2 Å². The van der Waals surface area contributed by atoms with E-state index < -0.39 is 22.8 Å². The lowest BCUT2D eigenvalue weighted by Crippen LogP contribution is -2.53. The minimum atomic E-state index is -1.93. The van der Waals surface area contributed by atoms with Crippen molar-refractivity contribution in [3.8, 4) is 0 Å². The molecule has 1 unspecified atom stereocenters. The van der Waals surface area contributed by atoms with E-state index in [2.05, 4.69) is 10.2 Å². The summed E-state index contributed by atoms with van der Waals surface area (Å²) in [5.74, 6) is -1.51. The van der Waals surface area contributed by atoms with Gasteiger partial charge in [-0.2, -0.15) is 0 Å². The van der Waals surface area contributed by atoms with Gasteiger partial charge in [-0.3, -0.25) is 19.3 Å². The fourth-order valence-electron chi connectivity index (χ4n) is 6.39. The molecule has 4 heterocycles. The van der Waals surface area contributed by atoms with Crippen molar-refractivity contribution in [1.82, 2.24) is 10.2 Å². The minimum absolute atomic E-state index is 0.0967. The number of fused-ring (bicyclic) bond motifs is 5. The molecule has 0 N–H and O–H groups in total. The lowest BCUT2D eigenvalue weighted by Gasteiger charge is -2.32. The second kappa shape index (κ2) is 11.2. The molecule has 47 heavy (non-hydrogen) atoms. The molecule has 1 atom stereocenters. The Bertz CT molecular complexity index is 2340. The number of carbonyl (C=O) groups is 2. The number of carbonyl (C=O) groups excluding carboxylic acids is 2. The average molecular weight is 681 g/mol. The summed E-state index contributed by atoms with van der Waals surface area (Å²) in [6, 6.07) is 25.9. The highest BCUT2D eigenvalue weighted by atomic mass is 35.5. The number of halogens is 2. The smallest absolute Gasteiger partial charge is 0.297 e. The standard InChI is InChI=1S/C35H22ClFN4O4S2/c1-19-7-6-8-20(15-19)17-40-26-12-5-3-10-24(26)35(32(40)44)28-29(42)23-16-22(36)13-14-27(23)45-30(28)31(43)41(35)33-38-39-34(47-33)46-18-21-9-2-4-11-25(21)37/h2-16H,17-18H2,1H3. The first-order valence-corrected chi connectivity index (χ1v) is 16.7. The number of thioether (sulfide) groups is 1. The molecule has 232 valence electrons. The van der Waals surface area contributed by atoms with Crippen LogP contribution in [-0.2, 0) is 22.6 Å². The first-order valence-electron chi connectivity index (χ1n) is 14.6.